The maximum absolute atomic E-state index is 9.53. The number of nitrogens with zero attached hydrogens (tertiary/aromatic N) is 1. The Morgan fingerprint density at radius 1 is 1.24 bits per heavy atom. The molecule has 0 spiro atoms. The number of phenolic OH excluding ortho intramolecular Hbond substituents is 1. The number of nitrogens with one attached hydrogen (secondary N) is 1. The van der Waals surface area contributed by atoms with Crippen molar-refractivity contribution in [1.82, 2.24) is 5.43 Å². The highest BCUT2D eigenvalue weighted by atomic mass is 79.9. The second-order valence-corrected chi connectivity index (χ2v) is 6.16. The van der Waals surface area contributed by atoms with Crippen LogP contribution in [0.2, 0.25) is 0 Å². The van der Waals surface area contributed by atoms with Crippen LogP contribution in [0.1, 0.15) is 26.3 Å². The Morgan fingerprint density at radius 2 is 1.71 bits per heavy atom. The van der Waals surface area contributed by atoms with Gasteiger partial charge in [0.2, 0.25) is 0 Å². The van der Waals surface area contributed by atoms with Gasteiger partial charge in [-0.05, 0) is 70.3 Å². The molecule has 0 amide bonds. The highest BCUT2D eigenvalue weighted by molar-refractivity contribution is 9.11. The van der Waals surface area contributed by atoms with Crippen molar-refractivity contribution in [3.8, 4) is 5.75 Å². The molecule has 0 aliphatic carbocycles. The van der Waals surface area contributed by atoms with Gasteiger partial charge in [0.05, 0.1) is 15.2 Å². The molecule has 0 atom stereocenters. The molecular formula is C11H15Br2ClN2O. The molecule has 1 aromatic carbocycles. The average Bonchev–Trinajstić information content (AvgIpc) is 2.12. The molecule has 0 heterocycles. The number of halogens is 3. The van der Waals surface area contributed by atoms with Crippen LogP contribution >= 0.6 is 44.3 Å². The Morgan fingerprint density at radius 3 is 2.12 bits per heavy atom. The van der Waals surface area contributed by atoms with Crippen LogP contribution < -0.4 is 5.43 Å². The first-order valence-electron chi connectivity index (χ1n) is 4.78. The fourth-order valence-electron chi connectivity index (χ4n) is 0.960. The molecule has 17 heavy (non-hydrogen) atoms. The molecule has 0 saturated carbocycles. The second-order valence-electron chi connectivity index (χ2n) is 4.45. The lowest BCUT2D eigenvalue weighted by atomic mass is 10.1. The molecule has 0 aliphatic rings. The molecule has 0 unspecified atom stereocenters. The SMILES string of the molecule is CC(C)(C)N/N=C/c1cc(Br)c(O)c(Br)c1.Cl. The number of hydrogen-bond donors (Lipinski definition) is 2. The predicted octanol–water partition coefficient (Wildman–Crippen LogP) is 4.06. The van der Waals surface area contributed by atoms with Gasteiger partial charge in [-0.15, -0.1) is 12.4 Å². The van der Waals surface area contributed by atoms with Crippen molar-refractivity contribution in [2.75, 3.05) is 0 Å². The molecule has 0 bridgehead atoms. The zero-order chi connectivity index (χ0) is 12.3. The van der Waals surface area contributed by atoms with Gasteiger partial charge in [0.15, 0.2) is 0 Å². The molecule has 0 fully saturated rings. The molecule has 2 N–H and O–H groups in total. The minimum atomic E-state index is -0.0537. The number of hydrogen-bond acceptors (Lipinski definition) is 3. The lowest BCUT2D eigenvalue weighted by Gasteiger charge is -2.17. The van der Waals surface area contributed by atoms with Gasteiger partial charge in [-0.25, -0.2) is 0 Å². The molecule has 0 aliphatic heterocycles. The van der Waals surface area contributed by atoms with Gasteiger partial charge in [0, 0.05) is 5.54 Å². The summed E-state index contributed by atoms with van der Waals surface area (Å²) in [5.74, 6) is 0.195. The van der Waals surface area contributed by atoms with Crippen LogP contribution in [0.25, 0.3) is 0 Å². The minimum Gasteiger partial charge on any atom is -0.506 e. The molecule has 3 nitrogen and oxygen atoms in total. The smallest absolute Gasteiger partial charge is 0.143 e. The van der Waals surface area contributed by atoms with Gasteiger partial charge < -0.3 is 10.5 Å². The lowest BCUT2D eigenvalue weighted by molar-refractivity contribution is 0.442. The van der Waals surface area contributed by atoms with Gasteiger partial charge in [-0.1, -0.05) is 0 Å². The van der Waals surface area contributed by atoms with E-state index in [0.29, 0.717) is 8.95 Å². The van der Waals surface area contributed by atoms with Crippen LogP contribution in [-0.2, 0) is 0 Å². The summed E-state index contributed by atoms with van der Waals surface area (Å²) >= 11 is 6.53. The van der Waals surface area contributed by atoms with E-state index < -0.39 is 0 Å². The maximum Gasteiger partial charge on any atom is 0.143 e. The zero-order valence-corrected chi connectivity index (χ0v) is 13.8. The first-order valence-corrected chi connectivity index (χ1v) is 6.36. The van der Waals surface area contributed by atoms with Crippen LogP contribution in [0.5, 0.6) is 5.75 Å². The Labute approximate surface area is 124 Å². The number of phenols is 1. The van der Waals surface area contributed by atoms with Crippen LogP contribution in [0, 0.1) is 0 Å². The van der Waals surface area contributed by atoms with Gasteiger partial charge >= 0.3 is 0 Å². The largest absolute Gasteiger partial charge is 0.506 e. The van der Waals surface area contributed by atoms with Gasteiger partial charge in [0.1, 0.15) is 5.75 Å². The Balaban J connectivity index is 0.00000256. The summed E-state index contributed by atoms with van der Waals surface area (Å²) in [6, 6.07) is 3.60. The normalized spacial score (nSPS) is 11.4. The van der Waals surface area contributed by atoms with Crippen molar-refractivity contribution in [2.45, 2.75) is 26.3 Å². The summed E-state index contributed by atoms with van der Waals surface area (Å²) in [5, 5.41) is 13.7. The molecule has 6 heteroatoms. The summed E-state index contributed by atoms with van der Waals surface area (Å²) in [6.07, 6.45) is 1.71. The molecular weight excluding hydrogens is 371 g/mol. The summed E-state index contributed by atoms with van der Waals surface area (Å²) in [5.41, 5.74) is 3.84. The first-order chi connectivity index (χ1) is 7.29. The predicted molar refractivity (Wildman–Crippen MR) is 81.2 cm³/mol. The molecule has 1 rings (SSSR count). The van der Waals surface area contributed by atoms with Crippen molar-refractivity contribution < 1.29 is 5.11 Å². The van der Waals surface area contributed by atoms with Crippen LogP contribution in [0.15, 0.2) is 26.2 Å². The van der Waals surface area contributed by atoms with Crippen LogP contribution in [0.4, 0.5) is 0 Å². The van der Waals surface area contributed by atoms with Crippen molar-refractivity contribution in [3.63, 3.8) is 0 Å². The fourth-order valence-corrected chi connectivity index (χ4v) is 2.18. The average molecular weight is 387 g/mol. The van der Waals surface area contributed by atoms with E-state index in [0.717, 1.165) is 5.56 Å². The third kappa shape index (κ3) is 5.75. The lowest BCUT2D eigenvalue weighted by Crippen LogP contribution is -2.31. The van der Waals surface area contributed by atoms with Gasteiger partial charge in [-0.3, -0.25) is 0 Å². The summed E-state index contributed by atoms with van der Waals surface area (Å²) < 4.78 is 1.28. The van der Waals surface area contributed by atoms with E-state index in [1.165, 1.54) is 0 Å². The van der Waals surface area contributed by atoms with E-state index in [4.69, 9.17) is 0 Å². The zero-order valence-electron chi connectivity index (χ0n) is 9.79. The van der Waals surface area contributed by atoms with E-state index >= 15 is 0 Å². The first kappa shape index (κ1) is 16.7. The van der Waals surface area contributed by atoms with Crippen molar-refractivity contribution in [3.05, 3.63) is 26.6 Å². The molecule has 0 aromatic heterocycles. The number of rotatable bonds is 2. The highest BCUT2D eigenvalue weighted by Crippen LogP contribution is 2.32. The van der Waals surface area contributed by atoms with E-state index in [2.05, 4.69) is 42.4 Å². The second kappa shape index (κ2) is 6.61. The third-order valence-electron chi connectivity index (χ3n) is 1.65. The summed E-state index contributed by atoms with van der Waals surface area (Å²) in [4.78, 5) is 0. The quantitative estimate of drug-likeness (QED) is 0.595. The number of benzene rings is 1. The van der Waals surface area contributed by atoms with Crippen molar-refractivity contribution in [2.24, 2.45) is 5.10 Å². The van der Waals surface area contributed by atoms with Crippen LogP contribution in [-0.4, -0.2) is 16.9 Å². The Bertz CT molecular complexity index is 393. The Hall–Kier alpha value is -0.260. The van der Waals surface area contributed by atoms with E-state index in [-0.39, 0.29) is 23.7 Å². The maximum atomic E-state index is 9.53. The summed E-state index contributed by atoms with van der Waals surface area (Å²) in [7, 11) is 0. The minimum absolute atomic E-state index is 0. The summed E-state index contributed by atoms with van der Waals surface area (Å²) in [6.45, 7) is 6.10. The molecule has 96 valence electrons. The van der Waals surface area contributed by atoms with E-state index in [1.54, 1.807) is 18.3 Å². The van der Waals surface area contributed by atoms with Crippen LogP contribution in [0.3, 0.4) is 0 Å². The third-order valence-corrected chi connectivity index (χ3v) is 2.86. The molecule has 0 radical (unpaired) electrons. The molecule has 1 aromatic rings. The topological polar surface area (TPSA) is 44.6 Å². The van der Waals surface area contributed by atoms with Gasteiger partial charge in [-0.2, -0.15) is 5.10 Å². The monoisotopic (exact) mass is 384 g/mol. The van der Waals surface area contributed by atoms with Crippen molar-refractivity contribution in [1.29, 1.82) is 0 Å². The number of hydrazone groups is 1. The van der Waals surface area contributed by atoms with E-state index in [9.17, 15) is 5.11 Å². The van der Waals surface area contributed by atoms with Gasteiger partial charge in [0.25, 0.3) is 0 Å². The fraction of sp³-hybridized carbons (Fsp3) is 0.364. The highest BCUT2D eigenvalue weighted by Gasteiger charge is 2.07. The van der Waals surface area contributed by atoms with E-state index in [1.807, 2.05) is 20.8 Å². The van der Waals surface area contributed by atoms with Crippen molar-refractivity contribution >= 4 is 50.5 Å². The standard InChI is InChI=1S/C11H14Br2N2O.ClH/c1-11(2,3)15-14-6-7-4-8(12)10(16)9(13)5-7;/h4-6,15-16H,1-3H3;1H/b14-6+;. The number of aromatic hydroxyl groups is 1. The molecule has 0 saturated heterocycles. The Kier molecular flexibility index (Phi) is 6.51.